The minimum Gasteiger partial charge on any atom is -0.315 e. The normalized spacial score (nSPS) is 26.6. The molecule has 0 amide bonds. The van der Waals surface area contributed by atoms with Gasteiger partial charge in [0.15, 0.2) is 0 Å². The maximum atomic E-state index is 3.47. The molecule has 0 radical (unpaired) electrons. The van der Waals surface area contributed by atoms with Gasteiger partial charge in [-0.25, -0.2) is 0 Å². The van der Waals surface area contributed by atoms with E-state index in [9.17, 15) is 0 Å². The molecule has 0 aromatic carbocycles. The van der Waals surface area contributed by atoms with Crippen molar-refractivity contribution in [2.24, 2.45) is 5.92 Å². The first-order valence-corrected chi connectivity index (χ1v) is 6.43. The molecule has 0 spiro atoms. The summed E-state index contributed by atoms with van der Waals surface area (Å²) < 4.78 is 0. The summed E-state index contributed by atoms with van der Waals surface area (Å²) in [5, 5.41) is 3.47. The van der Waals surface area contributed by atoms with Crippen LogP contribution in [0.25, 0.3) is 0 Å². The quantitative estimate of drug-likeness (QED) is 0.738. The standard InChI is InChI=1S/C12H25N3/c1-11(2)8-14-9-12(10-14)15-6-3-4-13-5-7-15/h11-13H,3-10H2,1-2H3. The lowest BCUT2D eigenvalue weighted by molar-refractivity contribution is 0.0303. The summed E-state index contributed by atoms with van der Waals surface area (Å²) in [7, 11) is 0. The van der Waals surface area contributed by atoms with Crippen molar-refractivity contribution in [3.63, 3.8) is 0 Å². The Hall–Kier alpha value is -0.120. The van der Waals surface area contributed by atoms with Crippen LogP contribution in [0.2, 0.25) is 0 Å². The van der Waals surface area contributed by atoms with Crippen LogP contribution in [0.1, 0.15) is 20.3 Å². The number of hydrogen-bond donors (Lipinski definition) is 1. The Bertz CT molecular complexity index is 179. The zero-order valence-corrected chi connectivity index (χ0v) is 10.2. The lowest BCUT2D eigenvalue weighted by Gasteiger charge is -2.46. The maximum Gasteiger partial charge on any atom is 0.0351 e. The van der Waals surface area contributed by atoms with Gasteiger partial charge in [-0.2, -0.15) is 0 Å². The van der Waals surface area contributed by atoms with Crippen molar-refractivity contribution in [2.75, 3.05) is 45.8 Å². The van der Waals surface area contributed by atoms with Crippen LogP contribution < -0.4 is 5.32 Å². The van der Waals surface area contributed by atoms with Crippen molar-refractivity contribution in [1.29, 1.82) is 0 Å². The average Bonchev–Trinajstić information content (AvgIpc) is 2.38. The van der Waals surface area contributed by atoms with E-state index in [0.29, 0.717) is 0 Å². The van der Waals surface area contributed by atoms with E-state index in [1.165, 1.54) is 52.2 Å². The molecule has 2 aliphatic rings. The first-order chi connectivity index (χ1) is 7.25. The molecule has 88 valence electrons. The topological polar surface area (TPSA) is 18.5 Å². The third-order valence-electron chi connectivity index (χ3n) is 3.45. The fraction of sp³-hybridized carbons (Fsp3) is 1.00. The minimum atomic E-state index is 0.816. The molecular weight excluding hydrogens is 186 g/mol. The SMILES string of the molecule is CC(C)CN1CC(N2CCCNCC2)C1. The van der Waals surface area contributed by atoms with Crippen LogP contribution in [0.4, 0.5) is 0 Å². The van der Waals surface area contributed by atoms with Gasteiger partial charge in [0.2, 0.25) is 0 Å². The highest BCUT2D eigenvalue weighted by molar-refractivity contribution is 4.89. The molecule has 0 bridgehead atoms. The van der Waals surface area contributed by atoms with E-state index in [0.717, 1.165) is 12.0 Å². The highest BCUT2D eigenvalue weighted by Gasteiger charge is 2.31. The van der Waals surface area contributed by atoms with E-state index in [1.807, 2.05) is 0 Å². The van der Waals surface area contributed by atoms with E-state index in [-0.39, 0.29) is 0 Å². The van der Waals surface area contributed by atoms with E-state index in [1.54, 1.807) is 0 Å². The van der Waals surface area contributed by atoms with Crippen LogP contribution in [0.5, 0.6) is 0 Å². The molecule has 2 aliphatic heterocycles. The first kappa shape index (κ1) is 11.4. The second-order valence-electron chi connectivity index (χ2n) is 5.41. The number of hydrogen-bond acceptors (Lipinski definition) is 3. The van der Waals surface area contributed by atoms with Gasteiger partial charge in [0.05, 0.1) is 0 Å². The number of likely N-dealkylation sites (tertiary alicyclic amines) is 1. The van der Waals surface area contributed by atoms with E-state index >= 15 is 0 Å². The van der Waals surface area contributed by atoms with Crippen LogP contribution in [0.3, 0.4) is 0 Å². The van der Waals surface area contributed by atoms with Crippen molar-refractivity contribution >= 4 is 0 Å². The van der Waals surface area contributed by atoms with Crippen LogP contribution in [-0.4, -0.2) is 61.7 Å². The summed E-state index contributed by atoms with van der Waals surface area (Å²) >= 11 is 0. The van der Waals surface area contributed by atoms with Crippen LogP contribution in [0, 0.1) is 5.92 Å². The molecule has 1 N–H and O–H groups in total. The van der Waals surface area contributed by atoms with Gasteiger partial charge in [0, 0.05) is 38.8 Å². The first-order valence-electron chi connectivity index (χ1n) is 6.43. The predicted octanol–water partition coefficient (Wildman–Crippen LogP) is 0.622. The predicted molar refractivity (Wildman–Crippen MR) is 64.1 cm³/mol. The summed E-state index contributed by atoms with van der Waals surface area (Å²) in [6.45, 7) is 13.4. The lowest BCUT2D eigenvalue weighted by Crippen LogP contribution is -2.60. The highest BCUT2D eigenvalue weighted by atomic mass is 15.3. The molecule has 0 atom stereocenters. The Balaban J connectivity index is 1.68. The van der Waals surface area contributed by atoms with Gasteiger partial charge in [0.1, 0.15) is 0 Å². The van der Waals surface area contributed by atoms with Crippen LogP contribution in [0.15, 0.2) is 0 Å². The smallest absolute Gasteiger partial charge is 0.0351 e. The van der Waals surface area contributed by atoms with Gasteiger partial charge in [0.25, 0.3) is 0 Å². The average molecular weight is 211 g/mol. The maximum absolute atomic E-state index is 3.47. The molecule has 0 aromatic rings. The van der Waals surface area contributed by atoms with Crippen molar-refractivity contribution in [3.05, 3.63) is 0 Å². The summed E-state index contributed by atoms with van der Waals surface area (Å²) in [5.41, 5.74) is 0. The molecule has 0 saturated carbocycles. The van der Waals surface area contributed by atoms with Crippen LogP contribution in [-0.2, 0) is 0 Å². The van der Waals surface area contributed by atoms with Crippen LogP contribution >= 0.6 is 0 Å². The van der Waals surface area contributed by atoms with E-state index in [4.69, 9.17) is 0 Å². The Morgan fingerprint density at radius 2 is 2.00 bits per heavy atom. The molecule has 0 aromatic heterocycles. The second-order valence-corrected chi connectivity index (χ2v) is 5.41. The molecule has 2 rings (SSSR count). The van der Waals surface area contributed by atoms with Gasteiger partial charge in [-0.3, -0.25) is 9.80 Å². The largest absolute Gasteiger partial charge is 0.315 e. The van der Waals surface area contributed by atoms with E-state index in [2.05, 4.69) is 29.0 Å². The molecular formula is C12H25N3. The summed E-state index contributed by atoms with van der Waals surface area (Å²) in [6.07, 6.45) is 1.32. The molecule has 0 unspecified atom stereocenters. The van der Waals surface area contributed by atoms with Gasteiger partial charge in [-0.05, 0) is 25.4 Å². The Morgan fingerprint density at radius 3 is 2.73 bits per heavy atom. The molecule has 2 fully saturated rings. The van der Waals surface area contributed by atoms with Crippen molar-refractivity contribution in [3.8, 4) is 0 Å². The molecule has 2 heterocycles. The fourth-order valence-corrected chi connectivity index (χ4v) is 2.67. The number of nitrogens with one attached hydrogen (secondary N) is 1. The minimum absolute atomic E-state index is 0.816. The number of nitrogens with zero attached hydrogens (tertiary/aromatic N) is 2. The van der Waals surface area contributed by atoms with Crippen molar-refractivity contribution in [2.45, 2.75) is 26.3 Å². The lowest BCUT2D eigenvalue weighted by atomic mass is 10.0. The highest BCUT2D eigenvalue weighted by Crippen LogP contribution is 2.17. The zero-order valence-electron chi connectivity index (χ0n) is 10.2. The van der Waals surface area contributed by atoms with Gasteiger partial charge in [-0.15, -0.1) is 0 Å². The van der Waals surface area contributed by atoms with E-state index < -0.39 is 0 Å². The monoisotopic (exact) mass is 211 g/mol. The molecule has 0 aliphatic carbocycles. The molecule has 3 heteroatoms. The Labute approximate surface area is 93.8 Å². The van der Waals surface area contributed by atoms with Crippen molar-refractivity contribution in [1.82, 2.24) is 15.1 Å². The molecule has 2 saturated heterocycles. The van der Waals surface area contributed by atoms with Crippen molar-refractivity contribution < 1.29 is 0 Å². The van der Waals surface area contributed by atoms with Gasteiger partial charge >= 0.3 is 0 Å². The summed E-state index contributed by atoms with van der Waals surface area (Å²) in [5.74, 6) is 0.816. The van der Waals surface area contributed by atoms with Gasteiger partial charge < -0.3 is 5.32 Å². The third-order valence-corrected chi connectivity index (χ3v) is 3.45. The third kappa shape index (κ3) is 3.16. The Kier molecular flexibility index (Phi) is 4.00. The summed E-state index contributed by atoms with van der Waals surface area (Å²) in [6, 6.07) is 0.851. The second kappa shape index (κ2) is 5.28. The van der Waals surface area contributed by atoms with Gasteiger partial charge in [-0.1, -0.05) is 13.8 Å². The summed E-state index contributed by atoms with van der Waals surface area (Å²) in [4.78, 5) is 5.27. The number of rotatable bonds is 3. The zero-order chi connectivity index (χ0) is 10.7. The molecule has 3 nitrogen and oxygen atoms in total. The Morgan fingerprint density at radius 1 is 1.20 bits per heavy atom. The fourth-order valence-electron chi connectivity index (χ4n) is 2.67. The molecule has 15 heavy (non-hydrogen) atoms.